The topological polar surface area (TPSA) is 102 Å². The lowest BCUT2D eigenvalue weighted by Gasteiger charge is -2.43. The highest BCUT2D eigenvalue weighted by Crippen LogP contribution is 2.49. The van der Waals surface area contributed by atoms with Gasteiger partial charge >= 0.3 is 0 Å². The molecule has 32 heavy (non-hydrogen) atoms. The summed E-state index contributed by atoms with van der Waals surface area (Å²) in [5.41, 5.74) is 7.14. The summed E-state index contributed by atoms with van der Waals surface area (Å²) in [4.78, 5) is 17.1. The summed E-state index contributed by atoms with van der Waals surface area (Å²) in [7, 11) is -3.72. The van der Waals surface area contributed by atoms with Gasteiger partial charge in [-0.2, -0.15) is 0 Å². The number of pyridine rings is 1. The third kappa shape index (κ3) is 4.27. The van der Waals surface area contributed by atoms with E-state index in [0.717, 1.165) is 22.9 Å². The number of rotatable bonds is 7. The maximum atomic E-state index is 13.0. The van der Waals surface area contributed by atoms with E-state index in [1.807, 2.05) is 54.6 Å². The highest BCUT2D eigenvalue weighted by atomic mass is 32.2. The molecule has 2 aromatic carbocycles. The zero-order chi connectivity index (χ0) is 22.8. The summed E-state index contributed by atoms with van der Waals surface area (Å²) in [6, 6.07) is 18.8. The van der Waals surface area contributed by atoms with Crippen LogP contribution in [0.2, 0.25) is 0 Å². The van der Waals surface area contributed by atoms with Gasteiger partial charge in [-0.15, -0.1) is 0 Å². The van der Waals surface area contributed by atoms with Gasteiger partial charge in [0, 0.05) is 17.6 Å². The molecule has 1 aliphatic rings. The van der Waals surface area contributed by atoms with E-state index in [1.54, 1.807) is 6.07 Å². The number of sulfonamides is 1. The highest BCUT2D eigenvalue weighted by Gasteiger charge is 2.46. The van der Waals surface area contributed by atoms with Crippen LogP contribution >= 0.6 is 0 Å². The minimum absolute atomic E-state index is 0.0171. The summed E-state index contributed by atoms with van der Waals surface area (Å²) in [5, 5.41) is 0.778. The first-order chi connectivity index (χ1) is 15.4. The summed E-state index contributed by atoms with van der Waals surface area (Å²) in [5.74, 6) is -0.281. The molecule has 1 saturated carbocycles. The number of nitrogens with zero attached hydrogens (tertiary/aromatic N) is 1. The molecular weight excluding hydrogens is 422 g/mol. The van der Waals surface area contributed by atoms with Gasteiger partial charge in [-0.25, -0.2) is 13.1 Å². The summed E-state index contributed by atoms with van der Waals surface area (Å²) >= 11 is 0. The number of hydrogen-bond acceptors (Lipinski definition) is 4. The van der Waals surface area contributed by atoms with Gasteiger partial charge < -0.3 is 5.73 Å². The van der Waals surface area contributed by atoms with Gasteiger partial charge in [0.15, 0.2) is 0 Å². The lowest BCUT2D eigenvalue weighted by molar-refractivity contribution is -0.131. The van der Waals surface area contributed by atoms with Crippen LogP contribution in [-0.4, -0.2) is 25.4 Å². The van der Waals surface area contributed by atoms with Gasteiger partial charge in [0.1, 0.15) is 4.90 Å². The first-order valence-electron chi connectivity index (χ1n) is 11.1. The molecule has 4 rings (SSSR count). The number of carbonyl (C=O) groups excluding carboxylic acids is 1. The molecule has 3 N–H and O–H groups in total. The Morgan fingerprint density at radius 1 is 1.12 bits per heavy atom. The van der Waals surface area contributed by atoms with E-state index in [4.69, 9.17) is 5.73 Å². The van der Waals surface area contributed by atoms with Crippen molar-refractivity contribution in [1.29, 1.82) is 0 Å². The second-order valence-electron chi connectivity index (χ2n) is 8.65. The van der Waals surface area contributed by atoms with Crippen molar-refractivity contribution in [1.82, 2.24) is 9.71 Å². The highest BCUT2D eigenvalue weighted by molar-refractivity contribution is 7.89. The van der Waals surface area contributed by atoms with E-state index in [1.165, 1.54) is 6.20 Å². The summed E-state index contributed by atoms with van der Waals surface area (Å²) in [6.07, 6.45) is 4.42. The van der Waals surface area contributed by atoms with Crippen LogP contribution < -0.4 is 10.5 Å². The van der Waals surface area contributed by atoms with E-state index < -0.39 is 15.4 Å². The van der Waals surface area contributed by atoms with Crippen LogP contribution in [-0.2, 0) is 14.8 Å². The number of para-hydroxylation sites is 1. The fraction of sp³-hybridized carbons (Fsp3) is 0.360. The molecule has 1 aliphatic carbocycles. The van der Waals surface area contributed by atoms with E-state index >= 15 is 0 Å². The first kappa shape index (κ1) is 22.4. The van der Waals surface area contributed by atoms with Crippen molar-refractivity contribution < 1.29 is 13.2 Å². The van der Waals surface area contributed by atoms with Crippen LogP contribution in [0, 0.1) is 5.41 Å². The SMILES string of the molecule is CC[C@H](c1ccccc1)C1(C(N)=O)CCC(NS(=O)(=O)c2cnc3ccccc3c2)CC1. The van der Waals surface area contributed by atoms with Crippen LogP contribution in [0.4, 0.5) is 0 Å². The minimum Gasteiger partial charge on any atom is -0.369 e. The Balaban J connectivity index is 1.51. The van der Waals surface area contributed by atoms with Crippen LogP contribution in [0.3, 0.4) is 0 Å². The molecule has 1 heterocycles. The number of benzene rings is 2. The van der Waals surface area contributed by atoms with E-state index in [-0.39, 0.29) is 22.8 Å². The molecular formula is C25H29N3O3S. The second kappa shape index (κ2) is 9.00. The predicted octanol–water partition coefficient (Wildman–Crippen LogP) is 4.12. The Morgan fingerprint density at radius 2 is 1.78 bits per heavy atom. The molecule has 1 aromatic heterocycles. The first-order valence-corrected chi connectivity index (χ1v) is 12.6. The number of nitrogens with two attached hydrogens (primary N) is 1. The molecule has 0 saturated heterocycles. The third-order valence-corrected chi connectivity index (χ3v) is 8.33. The van der Waals surface area contributed by atoms with Crippen molar-refractivity contribution in [3.8, 4) is 0 Å². The van der Waals surface area contributed by atoms with Gasteiger partial charge in [-0.05, 0) is 55.7 Å². The van der Waals surface area contributed by atoms with E-state index in [9.17, 15) is 13.2 Å². The van der Waals surface area contributed by atoms with Crippen molar-refractivity contribution >= 4 is 26.8 Å². The molecule has 168 valence electrons. The van der Waals surface area contributed by atoms with E-state index in [2.05, 4.69) is 16.6 Å². The molecule has 6 nitrogen and oxygen atoms in total. The maximum absolute atomic E-state index is 13.0. The predicted molar refractivity (Wildman–Crippen MR) is 125 cm³/mol. The third-order valence-electron chi connectivity index (χ3n) is 6.84. The zero-order valence-electron chi connectivity index (χ0n) is 18.2. The minimum atomic E-state index is -3.72. The van der Waals surface area contributed by atoms with Gasteiger partial charge in [0.2, 0.25) is 15.9 Å². The lowest BCUT2D eigenvalue weighted by atomic mass is 9.61. The monoisotopic (exact) mass is 451 g/mol. The quantitative estimate of drug-likeness (QED) is 0.564. The molecule has 1 atom stereocenters. The fourth-order valence-electron chi connectivity index (χ4n) is 5.13. The van der Waals surface area contributed by atoms with Crippen molar-refractivity contribution in [2.75, 3.05) is 0 Å². The van der Waals surface area contributed by atoms with Gasteiger partial charge in [0.05, 0.1) is 10.9 Å². The van der Waals surface area contributed by atoms with Crippen LogP contribution in [0.1, 0.15) is 50.5 Å². The molecule has 0 aliphatic heterocycles. The second-order valence-corrected chi connectivity index (χ2v) is 10.4. The number of carbonyl (C=O) groups is 1. The van der Waals surface area contributed by atoms with Crippen LogP contribution in [0.5, 0.6) is 0 Å². The number of primary amides is 1. The number of aromatic nitrogens is 1. The molecule has 1 amide bonds. The average molecular weight is 452 g/mol. The number of amides is 1. The molecule has 0 unspecified atom stereocenters. The maximum Gasteiger partial charge on any atom is 0.242 e. The van der Waals surface area contributed by atoms with Gasteiger partial charge in [-0.1, -0.05) is 55.5 Å². The summed E-state index contributed by atoms with van der Waals surface area (Å²) in [6.45, 7) is 2.07. The van der Waals surface area contributed by atoms with Gasteiger partial charge in [-0.3, -0.25) is 9.78 Å². The average Bonchev–Trinajstić information content (AvgIpc) is 2.81. The van der Waals surface area contributed by atoms with Crippen LogP contribution in [0.15, 0.2) is 71.8 Å². The molecule has 0 bridgehead atoms. The molecule has 0 spiro atoms. The zero-order valence-corrected chi connectivity index (χ0v) is 19.0. The van der Waals surface area contributed by atoms with Gasteiger partial charge in [0.25, 0.3) is 0 Å². The van der Waals surface area contributed by atoms with Crippen molar-refractivity contribution in [3.63, 3.8) is 0 Å². The molecule has 7 heteroatoms. The Labute approximate surface area is 189 Å². The normalized spacial score (nSPS) is 22.5. The van der Waals surface area contributed by atoms with Crippen molar-refractivity contribution in [2.24, 2.45) is 11.1 Å². The van der Waals surface area contributed by atoms with Crippen molar-refractivity contribution in [2.45, 2.75) is 55.9 Å². The van der Waals surface area contributed by atoms with E-state index in [0.29, 0.717) is 25.7 Å². The van der Waals surface area contributed by atoms with Crippen molar-refractivity contribution in [3.05, 3.63) is 72.4 Å². The Hall–Kier alpha value is -2.77. The Morgan fingerprint density at radius 3 is 2.44 bits per heavy atom. The smallest absolute Gasteiger partial charge is 0.242 e. The largest absolute Gasteiger partial charge is 0.369 e. The summed E-state index contributed by atoms with van der Waals surface area (Å²) < 4.78 is 28.8. The number of fused-ring (bicyclic) bond motifs is 1. The number of hydrogen-bond donors (Lipinski definition) is 2. The molecule has 1 fully saturated rings. The fourth-order valence-corrected chi connectivity index (χ4v) is 6.42. The number of nitrogens with one attached hydrogen (secondary N) is 1. The Bertz CT molecular complexity index is 1200. The lowest BCUT2D eigenvalue weighted by Crippen LogP contribution is -2.48. The Kier molecular flexibility index (Phi) is 6.31. The molecule has 0 radical (unpaired) electrons. The standard InChI is InChI=1S/C25H29N3O3S/c1-2-22(18-8-4-3-5-9-18)25(24(26)29)14-12-20(13-15-25)28-32(30,31)21-16-19-10-6-7-11-23(19)27-17-21/h3-11,16-17,20,22,28H,2,12-15H2,1H3,(H2,26,29)/t20?,22-,25?/m1/s1. The molecule has 3 aromatic rings. The van der Waals surface area contributed by atoms with Crippen LogP contribution in [0.25, 0.3) is 10.9 Å².